The molecule has 0 saturated carbocycles. The minimum Gasteiger partial charge on any atom is -0.410 e. The van der Waals surface area contributed by atoms with Crippen molar-refractivity contribution >= 4 is 5.71 Å². The lowest BCUT2D eigenvalue weighted by Crippen LogP contribution is -2.48. The molecule has 0 saturated heterocycles. The largest absolute Gasteiger partial charge is 0.410 e. The molecule has 58 valence electrons. The predicted molar refractivity (Wildman–Crippen MR) is 40.8 cm³/mol. The van der Waals surface area contributed by atoms with Crippen molar-refractivity contribution in [2.45, 2.75) is 6.92 Å². The second-order valence-electron chi connectivity index (χ2n) is 2.18. The molecule has 0 spiro atoms. The van der Waals surface area contributed by atoms with Crippen LogP contribution in [0.2, 0.25) is 0 Å². The molecule has 0 unspecified atom stereocenters. The lowest BCUT2D eigenvalue weighted by atomic mass is 10.2. The van der Waals surface area contributed by atoms with Crippen molar-refractivity contribution in [3.63, 3.8) is 0 Å². The molecule has 3 N–H and O–H groups in total. The maximum atomic E-state index is 8.43. The van der Waals surface area contributed by atoms with E-state index in [0.29, 0.717) is 11.4 Å². The number of oxime groups is 1. The normalized spacial score (nSPS) is 11.5. The number of pyridine rings is 1. The number of nitrogens with zero attached hydrogens (tertiary/aromatic N) is 2. The van der Waals surface area contributed by atoms with E-state index in [9.17, 15) is 0 Å². The van der Waals surface area contributed by atoms with Gasteiger partial charge in [0.15, 0.2) is 11.9 Å². The Morgan fingerprint density at radius 3 is 2.91 bits per heavy atom. The summed E-state index contributed by atoms with van der Waals surface area (Å²) in [5.74, 6) is 5.52. The molecule has 4 heteroatoms. The van der Waals surface area contributed by atoms with Gasteiger partial charge in [0.1, 0.15) is 0 Å². The summed E-state index contributed by atoms with van der Waals surface area (Å²) >= 11 is 0. The molecule has 0 amide bonds. The van der Waals surface area contributed by atoms with E-state index in [1.807, 2.05) is 6.07 Å². The lowest BCUT2D eigenvalue weighted by Gasteiger charge is -1.93. The first-order chi connectivity index (χ1) is 5.25. The highest BCUT2D eigenvalue weighted by atomic mass is 16.4. The van der Waals surface area contributed by atoms with E-state index in [2.05, 4.69) is 5.16 Å². The minimum atomic E-state index is 0.494. The van der Waals surface area contributed by atoms with Crippen LogP contribution in [0, 0.1) is 0 Å². The van der Waals surface area contributed by atoms with Crippen molar-refractivity contribution in [2.24, 2.45) is 5.16 Å². The van der Waals surface area contributed by atoms with E-state index in [1.54, 1.807) is 25.3 Å². The molecule has 0 aliphatic heterocycles. The number of nitrogens with two attached hydrogens (primary N) is 1. The van der Waals surface area contributed by atoms with Gasteiger partial charge in [0.25, 0.3) is 5.69 Å². The van der Waals surface area contributed by atoms with Crippen LogP contribution in [-0.4, -0.2) is 10.9 Å². The van der Waals surface area contributed by atoms with Crippen molar-refractivity contribution in [3.8, 4) is 0 Å². The van der Waals surface area contributed by atoms with E-state index in [0.717, 1.165) is 0 Å². The maximum Gasteiger partial charge on any atom is 0.259 e. The van der Waals surface area contributed by atoms with Gasteiger partial charge in [0.2, 0.25) is 0 Å². The number of rotatable bonds is 1. The second kappa shape index (κ2) is 3.01. The highest BCUT2D eigenvalue weighted by Crippen LogP contribution is 1.91. The van der Waals surface area contributed by atoms with Crippen LogP contribution in [0.25, 0.3) is 0 Å². The molecular formula is C7H10N3O+. The van der Waals surface area contributed by atoms with Gasteiger partial charge in [-0.05, 0) is 13.0 Å². The molecule has 0 fully saturated rings. The molecule has 11 heavy (non-hydrogen) atoms. The smallest absolute Gasteiger partial charge is 0.259 e. The zero-order valence-electron chi connectivity index (χ0n) is 6.23. The molecule has 1 aromatic rings. The van der Waals surface area contributed by atoms with Gasteiger partial charge in [0.05, 0.1) is 0 Å². The Balaban J connectivity index is 3.14. The van der Waals surface area contributed by atoms with E-state index < -0.39 is 0 Å². The van der Waals surface area contributed by atoms with Gasteiger partial charge in [-0.2, -0.15) is 0 Å². The Labute approximate surface area is 64.5 Å². The molecule has 0 aromatic carbocycles. The number of aromatic nitrogens is 1. The van der Waals surface area contributed by atoms with E-state index in [4.69, 9.17) is 11.0 Å². The SMILES string of the molecule is C/C(=N\O)c1cccc[n+]1N. The number of nitrogen functional groups attached to an aromatic ring is 1. The molecular weight excluding hydrogens is 142 g/mol. The fourth-order valence-corrected chi connectivity index (χ4v) is 0.814. The van der Waals surface area contributed by atoms with Crippen molar-refractivity contribution in [1.29, 1.82) is 0 Å². The van der Waals surface area contributed by atoms with Crippen molar-refractivity contribution in [1.82, 2.24) is 0 Å². The Morgan fingerprint density at radius 2 is 2.36 bits per heavy atom. The monoisotopic (exact) mass is 152 g/mol. The summed E-state index contributed by atoms with van der Waals surface area (Å²) in [5, 5.41) is 11.5. The molecule has 0 aliphatic carbocycles. The zero-order chi connectivity index (χ0) is 8.27. The van der Waals surface area contributed by atoms with Gasteiger partial charge in [-0.3, -0.25) is 0 Å². The van der Waals surface area contributed by atoms with Crippen molar-refractivity contribution in [2.75, 3.05) is 5.84 Å². The molecule has 4 nitrogen and oxygen atoms in total. The third-order valence-electron chi connectivity index (χ3n) is 1.41. The molecule has 0 aliphatic rings. The van der Waals surface area contributed by atoms with Crippen LogP contribution in [0.15, 0.2) is 29.6 Å². The molecule has 1 aromatic heterocycles. The predicted octanol–water partition coefficient (Wildman–Crippen LogP) is -0.114. The summed E-state index contributed by atoms with van der Waals surface area (Å²) in [7, 11) is 0. The Bertz CT molecular complexity index is 283. The summed E-state index contributed by atoms with van der Waals surface area (Å²) in [6, 6.07) is 5.40. The Hall–Kier alpha value is -1.58. The van der Waals surface area contributed by atoms with E-state index in [1.165, 1.54) is 4.68 Å². The van der Waals surface area contributed by atoms with Crippen LogP contribution in [0.5, 0.6) is 0 Å². The zero-order valence-corrected chi connectivity index (χ0v) is 6.23. The van der Waals surface area contributed by atoms with Gasteiger partial charge >= 0.3 is 0 Å². The first-order valence-electron chi connectivity index (χ1n) is 3.20. The van der Waals surface area contributed by atoms with Gasteiger partial charge < -0.3 is 5.21 Å². The van der Waals surface area contributed by atoms with Crippen molar-refractivity contribution < 1.29 is 9.88 Å². The molecule has 0 bridgehead atoms. The van der Waals surface area contributed by atoms with Gasteiger partial charge in [-0.15, -0.1) is 0 Å². The van der Waals surface area contributed by atoms with Crippen LogP contribution < -0.4 is 10.5 Å². The summed E-state index contributed by atoms with van der Waals surface area (Å²) < 4.78 is 1.40. The van der Waals surface area contributed by atoms with Crippen LogP contribution in [0.4, 0.5) is 0 Å². The summed E-state index contributed by atoms with van der Waals surface area (Å²) in [6.07, 6.45) is 1.68. The van der Waals surface area contributed by atoms with Gasteiger partial charge in [-0.1, -0.05) is 9.83 Å². The van der Waals surface area contributed by atoms with Crippen LogP contribution in [0.3, 0.4) is 0 Å². The highest BCUT2D eigenvalue weighted by Gasteiger charge is 2.09. The average molecular weight is 152 g/mol. The van der Waals surface area contributed by atoms with Crippen LogP contribution >= 0.6 is 0 Å². The average Bonchev–Trinajstić information content (AvgIpc) is 2.04. The first-order valence-corrected chi connectivity index (χ1v) is 3.20. The van der Waals surface area contributed by atoms with Crippen LogP contribution in [0.1, 0.15) is 12.6 Å². The number of hydrogen-bond acceptors (Lipinski definition) is 3. The quantitative estimate of drug-likeness (QED) is 0.194. The summed E-state index contributed by atoms with van der Waals surface area (Å²) in [4.78, 5) is 0. The third-order valence-corrected chi connectivity index (χ3v) is 1.41. The Morgan fingerprint density at radius 1 is 1.64 bits per heavy atom. The minimum absolute atomic E-state index is 0.494. The molecule has 0 radical (unpaired) electrons. The Kier molecular flexibility index (Phi) is 2.06. The standard InChI is InChI=1S/C7H9N3O/c1-6(9-11)7-4-2-3-5-10(7)8/h2-5H,8H2,1H3/p+1. The summed E-state index contributed by atoms with van der Waals surface area (Å²) in [6.45, 7) is 1.68. The summed E-state index contributed by atoms with van der Waals surface area (Å²) in [5.41, 5.74) is 1.18. The first kappa shape index (κ1) is 7.53. The molecule has 1 heterocycles. The maximum absolute atomic E-state index is 8.43. The van der Waals surface area contributed by atoms with Crippen LogP contribution in [-0.2, 0) is 0 Å². The van der Waals surface area contributed by atoms with E-state index >= 15 is 0 Å². The fourth-order valence-electron chi connectivity index (χ4n) is 0.814. The third kappa shape index (κ3) is 1.46. The van der Waals surface area contributed by atoms with E-state index in [-0.39, 0.29) is 0 Å². The fraction of sp³-hybridized carbons (Fsp3) is 0.143. The number of hydrogen-bond donors (Lipinski definition) is 2. The van der Waals surface area contributed by atoms with Gasteiger partial charge in [-0.25, -0.2) is 5.84 Å². The topological polar surface area (TPSA) is 62.5 Å². The van der Waals surface area contributed by atoms with Gasteiger partial charge in [0, 0.05) is 12.1 Å². The lowest BCUT2D eigenvalue weighted by molar-refractivity contribution is -0.640. The highest BCUT2D eigenvalue weighted by molar-refractivity contribution is 5.95. The molecule has 0 atom stereocenters. The second-order valence-corrected chi connectivity index (χ2v) is 2.18. The molecule has 1 rings (SSSR count). The van der Waals surface area contributed by atoms with Crippen molar-refractivity contribution in [3.05, 3.63) is 30.1 Å².